The maximum atomic E-state index is 7.38. The van der Waals surface area contributed by atoms with E-state index >= 15 is 0 Å². The van der Waals surface area contributed by atoms with E-state index in [2.05, 4.69) is 147 Å². The molecule has 0 radical (unpaired) electrons. The highest BCUT2D eigenvalue weighted by Crippen LogP contribution is 2.58. The number of benzene rings is 4. The molecular formula is C40H37N5. The van der Waals surface area contributed by atoms with Gasteiger partial charge in [0, 0.05) is 28.0 Å². The third-order valence-electron chi connectivity index (χ3n) is 10.2. The molecule has 0 saturated carbocycles. The fraction of sp³-hybridized carbons (Fsp3) is 0.200. The molecular weight excluding hydrogens is 550 g/mol. The van der Waals surface area contributed by atoms with Gasteiger partial charge in [-0.15, -0.1) is 10.2 Å². The lowest BCUT2D eigenvalue weighted by molar-refractivity contribution is 0.332. The van der Waals surface area contributed by atoms with Gasteiger partial charge in [0.15, 0.2) is 5.82 Å². The zero-order chi connectivity index (χ0) is 30.9. The summed E-state index contributed by atoms with van der Waals surface area (Å²) in [6.45, 7) is 9.31. The first-order valence-corrected chi connectivity index (χ1v) is 15.7. The fourth-order valence-electron chi connectivity index (χ4n) is 7.87. The Balaban J connectivity index is 1.47. The van der Waals surface area contributed by atoms with Crippen molar-refractivity contribution in [2.75, 3.05) is 15.5 Å². The van der Waals surface area contributed by atoms with Gasteiger partial charge in [-0.05, 0) is 34.9 Å². The Morgan fingerprint density at radius 2 is 1.18 bits per heavy atom. The predicted octanol–water partition coefficient (Wildman–Crippen LogP) is 9.37. The van der Waals surface area contributed by atoms with Crippen molar-refractivity contribution in [1.29, 1.82) is 0 Å². The molecule has 3 heterocycles. The van der Waals surface area contributed by atoms with Crippen molar-refractivity contribution in [3.63, 3.8) is 0 Å². The lowest BCUT2D eigenvalue weighted by Gasteiger charge is -2.51. The summed E-state index contributed by atoms with van der Waals surface area (Å²) < 4.78 is 0. The molecule has 0 saturated heterocycles. The van der Waals surface area contributed by atoms with E-state index in [0.29, 0.717) is 11.4 Å². The molecule has 5 nitrogen and oxygen atoms in total. The Morgan fingerprint density at radius 1 is 0.622 bits per heavy atom. The van der Waals surface area contributed by atoms with Gasteiger partial charge in [-0.2, -0.15) is 0 Å². The van der Waals surface area contributed by atoms with Crippen LogP contribution in [0.2, 0.25) is 0 Å². The summed E-state index contributed by atoms with van der Waals surface area (Å²) in [5.41, 5.74) is 17.3. The first kappa shape index (κ1) is 27.4. The van der Waals surface area contributed by atoms with Crippen molar-refractivity contribution in [2.45, 2.75) is 44.6 Å². The number of fused-ring (bicyclic) bond motifs is 4. The number of rotatable bonds is 3. The van der Waals surface area contributed by atoms with E-state index in [4.69, 9.17) is 15.9 Å². The largest absolute Gasteiger partial charge is 0.395 e. The van der Waals surface area contributed by atoms with Crippen LogP contribution < -0.4 is 15.5 Å². The molecule has 5 aromatic rings. The first-order chi connectivity index (χ1) is 21.8. The zero-order valence-corrected chi connectivity index (χ0v) is 26.1. The molecule has 0 bridgehead atoms. The highest BCUT2D eigenvalue weighted by atomic mass is 15.3. The highest BCUT2D eigenvalue weighted by molar-refractivity contribution is 5.98. The molecule has 1 aromatic heterocycles. The Hall–Kier alpha value is -5.16. The van der Waals surface area contributed by atoms with Crippen molar-refractivity contribution in [2.24, 2.45) is 5.92 Å². The number of para-hydroxylation sites is 3. The fourth-order valence-corrected chi connectivity index (χ4v) is 7.87. The lowest BCUT2D eigenvalue weighted by Crippen LogP contribution is -2.50. The molecule has 4 aromatic carbocycles. The summed E-state index contributed by atoms with van der Waals surface area (Å²) in [4.78, 5) is 4.71. The molecule has 2 unspecified atom stereocenters. The van der Waals surface area contributed by atoms with Crippen LogP contribution in [-0.4, -0.2) is 16.2 Å². The molecule has 2 atom stereocenters. The maximum absolute atomic E-state index is 7.38. The average Bonchev–Trinajstić information content (AvgIpc) is 3.07. The lowest BCUT2D eigenvalue weighted by atomic mass is 9.65. The summed E-state index contributed by atoms with van der Waals surface area (Å²) >= 11 is 0. The standard InChI is InChI=1S/C40H37N5/c1-39(2)27-18-8-12-22-31(27)44(32-23-13-9-19-28(32)39)37-35(41)36(26-16-6-5-7-17-26)42-43-38(37)45-33-24-14-10-20-29(33)40(3,4)30-21-11-15-25-34(30)45/h5-25,27,31H,1-4H3,(H2,41,43). The SMILES string of the molecule is CC1(C)c2ccccc2N(c2nnc(-c3ccccc3)c(N)c2N2c3ccccc3C(C)(C)C3C=CC=CC32)c2ccccc21. The van der Waals surface area contributed by atoms with Crippen LogP contribution in [0.25, 0.3) is 11.3 Å². The maximum Gasteiger partial charge on any atom is 0.186 e. The van der Waals surface area contributed by atoms with Gasteiger partial charge in [0.2, 0.25) is 0 Å². The average molecular weight is 588 g/mol. The number of aromatic nitrogens is 2. The second-order valence-corrected chi connectivity index (χ2v) is 13.4. The normalized spacial score (nSPS) is 20.2. The van der Waals surface area contributed by atoms with Crippen molar-refractivity contribution in [3.8, 4) is 11.3 Å². The van der Waals surface area contributed by atoms with Gasteiger partial charge >= 0.3 is 0 Å². The number of nitrogens with two attached hydrogens (primary N) is 1. The van der Waals surface area contributed by atoms with E-state index < -0.39 is 0 Å². The molecule has 45 heavy (non-hydrogen) atoms. The van der Waals surface area contributed by atoms with Crippen molar-refractivity contribution in [1.82, 2.24) is 10.2 Å². The molecule has 5 heteroatoms. The van der Waals surface area contributed by atoms with Gasteiger partial charge < -0.3 is 10.6 Å². The van der Waals surface area contributed by atoms with E-state index in [0.717, 1.165) is 34.1 Å². The molecule has 1 aliphatic carbocycles. The van der Waals surface area contributed by atoms with Crippen LogP contribution in [0.4, 0.5) is 34.3 Å². The molecule has 0 spiro atoms. The Labute approximate surface area is 265 Å². The van der Waals surface area contributed by atoms with Gasteiger partial charge in [-0.1, -0.05) is 137 Å². The van der Waals surface area contributed by atoms with E-state index in [9.17, 15) is 0 Å². The van der Waals surface area contributed by atoms with Crippen LogP contribution in [0.3, 0.4) is 0 Å². The third kappa shape index (κ3) is 3.93. The number of anilines is 6. The monoisotopic (exact) mass is 587 g/mol. The number of nitrogen functional groups attached to an aromatic ring is 1. The number of allylic oxidation sites excluding steroid dienone is 2. The summed E-state index contributed by atoms with van der Waals surface area (Å²) in [6.07, 6.45) is 9.01. The van der Waals surface area contributed by atoms with Gasteiger partial charge in [-0.25, -0.2) is 0 Å². The van der Waals surface area contributed by atoms with E-state index in [1.807, 2.05) is 18.2 Å². The number of nitrogens with zero attached hydrogens (tertiary/aromatic N) is 4. The Kier molecular flexibility index (Phi) is 6.04. The van der Waals surface area contributed by atoms with Gasteiger partial charge in [0.25, 0.3) is 0 Å². The number of hydrogen-bond acceptors (Lipinski definition) is 5. The highest BCUT2D eigenvalue weighted by Gasteiger charge is 2.47. The van der Waals surface area contributed by atoms with Gasteiger partial charge in [0.05, 0.1) is 23.1 Å². The summed E-state index contributed by atoms with van der Waals surface area (Å²) in [6, 6.07) is 36.3. The molecule has 2 N–H and O–H groups in total. The second kappa shape index (κ2) is 9.93. The van der Waals surface area contributed by atoms with Crippen LogP contribution in [0.15, 0.2) is 127 Å². The van der Waals surface area contributed by atoms with Crippen molar-refractivity contribution in [3.05, 3.63) is 144 Å². The summed E-state index contributed by atoms with van der Waals surface area (Å²) in [7, 11) is 0. The molecule has 3 aliphatic rings. The Morgan fingerprint density at radius 3 is 1.84 bits per heavy atom. The summed E-state index contributed by atoms with van der Waals surface area (Å²) in [5, 5.41) is 9.99. The van der Waals surface area contributed by atoms with Crippen LogP contribution >= 0.6 is 0 Å². The minimum absolute atomic E-state index is 0.0282. The topological polar surface area (TPSA) is 58.3 Å². The second-order valence-electron chi connectivity index (χ2n) is 13.4. The van der Waals surface area contributed by atoms with Crippen LogP contribution in [0, 0.1) is 5.92 Å². The minimum Gasteiger partial charge on any atom is -0.395 e. The van der Waals surface area contributed by atoms with Gasteiger partial charge in [0.1, 0.15) is 11.4 Å². The van der Waals surface area contributed by atoms with E-state index in [1.54, 1.807) is 0 Å². The van der Waals surface area contributed by atoms with E-state index in [-0.39, 0.29) is 22.8 Å². The molecule has 2 aliphatic heterocycles. The molecule has 0 amide bonds. The predicted molar refractivity (Wildman–Crippen MR) is 186 cm³/mol. The third-order valence-corrected chi connectivity index (χ3v) is 10.2. The molecule has 222 valence electrons. The smallest absolute Gasteiger partial charge is 0.186 e. The summed E-state index contributed by atoms with van der Waals surface area (Å²) in [5.74, 6) is 0.941. The van der Waals surface area contributed by atoms with Gasteiger partial charge in [-0.3, -0.25) is 4.90 Å². The van der Waals surface area contributed by atoms with Crippen molar-refractivity contribution < 1.29 is 0 Å². The van der Waals surface area contributed by atoms with Crippen LogP contribution in [0.1, 0.15) is 44.4 Å². The quantitative estimate of drug-likeness (QED) is 0.228. The van der Waals surface area contributed by atoms with E-state index in [1.165, 1.54) is 16.7 Å². The molecule has 8 rings (SSSR count). The Bertz CT molecular complexity index is 1960. The van der Waals surface area contributed by atoms with Crippen LogP contribution in [0.5, 0.6) is 0 Å². The zero-order valence-electron chi connectivity index (χ0n) is 26.1. The van der Waals surface area contributed by atoms with Crippen LogP contribution in [-0.2, 0) is 10.8 Å². The molecule has 0 fully saturated rings. The minimum atomic E-state index is -0.198. The first-order valence-electron chi connectivity index (χ1n) is 15.7. The van der Waals surface area contributed by atoms with Crippen molar-refractivity contribution >= 4 is 34.3 Å². The number of hydrogen-bond donors (Lipinski definition) is 1.